The molecule has 24 heavy (non-hydrogen) atoms. The van der Waals surface area contributed by atoms with Crippen LogP contribution in [0, 0.1) is 0 Å². The highest BCUT2D eigenvalue weighted by Gasteiger charge is 2.10. The van der Waals surface area contributed by atoms with Crippen LogP contribution in [0.25, 0.3) is 22.1 Å². The number of imidazole rings is 1. The molecule has 5 heteroatoms. The van der Waals surface area contributed by atoms with E-state index in [9.17, 15) is 9.90 Å². The van der Waals surface area contributed by atoms with Crippen molar-refractivity contribution in [1.82, 2.24) is 9.38 Å². The van der Waals surface area contributed by atoms with E-state index in [-0.39, 0.29) is 11.3 Å². The fourth-order valence-electron chi connectivity index (χ4n) is 2.78. The number of nitrogens with zero attached hydrogens (tertiary/aromatic N) is 2. The third-order valence-electron chi connectivity index (χ3n) is 3.91. The van der Waals surface area contributed by atoms with Crippen LogP contribution in [0.2, 0.25) is 0 Å². The van der Waals surface area contributed by atoms with Crippen molar-refractivity contribution in [2.24, 2.45) is 0 Å². The highest BCUT2D eigenvalue weighted by atomic mass is 32.1. The molecular weight excluding hydrogens is 320 g/mol. The average molecular weight is 334 g/mol. The molecule has 2 heterocycles. The quantitative estimate of drug-likeness (QED) is 0.586. The highest BCUT2D eigenvalue weighted by molar-refractivity contribution is 7.15. The molecular formula is C19H14N2O2S. The lowest BCUT2D eigenvalue weighted by atomic mass is 10.1. The molecule has 118 valence electrons. The molecule has 0 amide bonds. The first-order chi connectivity index (χ1) is 11.7. The van der Waals surface area contributed by atoms with Crippen LogP contribution in [-0.2, 0) is 6.42 Å². The van der Waals surface area contributed by atoms with Gasteiger partial charge in [0.1, 0.15) is 5.75 Å². The van der Waals surface area contributed by atoms with Crippen molar-refractivity contribution in [3.05, 3.63) is 81.1 Å². The molecule has 0 atom stereocenters. The molecule has 0 bridgehead atoms. The van der Waals surface area contributed by atoms with Crippen LogP contribution in [0.5, 0.6) is 5.75 Å². The van der Waals surface area contributed by atoms with Crippen molar-refractivity contribution >= 4 is 33.4 Å². The smallest absolute Gasteiger partial charge is 0.274 e. The lowest BCUT2D eigenvalue weighted by molar-refractivity contribution is 0.469. The van der Waals surface area contributed by atoms with E-state index < -0.39 is 0 Å². The third-order valence-corrected chi connectivity index (χ3v) is 4.88. The predicted octanol–water partition coefficient (Wildman–Crippen LogP) is 2.89. The Morgan fingerprint density at radius 3 is 2.92 bits per heavy atom. The molecule has 2 aromatic carbocycles. The molecule has 0 aliphatic carbocycles. The van der Waals surface area contributed by atoms with Gasteiger partial charge in [-0.3, -0.25) is 4.79 Å². The summed E-state index contributed by atoms with van der Waals surface area (Å²) in [4.78, 5) is 17.9. The molecule has 4 nitrogen and oxygen atoms in total. The Hall–Kier alpha value is -2.92. The molecule has 0 saturated carbocycles. The molecule has 0 saturated heterocycles. The summed E-state index contributed by atoms with van der Waals surface area (Å²) in [5, 5.41) is 9.85. The number of fused-ring (bicyclic) bond motifs is 3. The van der Waals surface area contributed by atoms with Gasteiger partial charge < -0.3 is 5.11 Å². The van der Waals surface area contributed by atoms with Crippen molar-refractivity contribution in [2.45, 2.75) is 6.42 Å². The van der Waals surface area contributed by atoms with E-state index in [1.54, 1.807) is 22.6 Å². The van der Waals surface area contributed by atoms with Crippen molar-refractivity contribution in [3.8, 4) is 5.75 Å². The summed E-state index contributed by atoms with van der Waals surface area (Å²) in [5.41, 5.74) is 3.24. The number of aromatic hydroxyl groups is 1. The number of hydrogen-bond acceptors (Lipinski definition) is 4. The van der Waals surface area contributed by atoms with Crippen LogP contribution in [0.3, 0.4) is 0 Å². The maximum absolute atomic E-state index is 12.7. The van der Waals surface area contributed by atoms with Crippen LogP contribution in [0.1, 0.15) is 11.1 Å². The fourth-order valence-corrected chi connectivity index (χ4v) is 3.76. The van der Waals surface area contributed by atoms with Gasteiger partial charge in [-0.15, -0.1) is 6.58 Å². The van der Waals surface area contributed by atoms with Crippen LogP contribution in [0.15, 0.2) is 59.9 Å². The van der Waals surface area contributed by atoms with Gasteiger partial charge in [0.25, 0.3) is 5.56 Å². The van der Waals surface area contributed by atoms with Crippen molar-refractivity contribution in [3.63, 3.8) is 0 Å². The van der Waals surface area contributed by atoms with E-state index in [4.69, 9.17) is 0 Å². The molecule has 4 rings (SSSR count). The number of thiazole rings is 1. The third kappa shape index (κ3) is 2.30. The summed E-state index contributed by atoms with van der Waals surface area (Å²) >= 11 is 1.37. The number of benzene rings is 2. The van der Waals surface area contributed by atoms with Crippen LogP contribution in [0.4, 0.5) is 0 Å². The number of phenols is 1. The lowest BCUT2D eigenvalue weighted by Crippen LogP contribution is -2.22. The van der Waals surface area contributed by atoms with Gasteiger partial charge >= 0.3 is 0 Å². The maximum atomic E-state index is 12.7. The molecule has 0 unspecified atom stereocenters. The molecule has 4 aromatic rings. The first kappa shape index (κ1) is 14.7. The minimum Gasteiger partial charge on any atom is -0.508 e. The van der Waals surface area contributed by atoms with Gasteiger partial charge in [0.15, 0.2) is 4.96 Å². The second-order valence-electron chi connectivity index (χ2n) is 5.52. The molecule has 1 N–H and O–H groups in total. The Morgan fingerprint density at radius 2 is 2.08 bits per heavy atom. The van der Waals surface area contributed by atoms with Crippen molar-refractivity contribution in [1.29, 1.82) is 0 Å². The van der Waals surface area contributed by atoms with E-state index in [0.29, 0.717) is 15.9 Å². The van der Waals surface area contributed by atoms with Gasteiger partial charge in [0.05, 0.1) is 15.6 Å². The van der Waals surface area contributed by atoms with Crippen LogP contribution >= 0.6 is 11.3 Å². The molecule has 0 aliphatic heterocycles. The lowest BCUT2D eigenvalue weighted by Gasteiger charge is -2.02. The standard InChI is InChI=1S/C19H14N2O2S/c1-2-5-13-10-12(8-9-16(13)22)11-17-18(23)21-15-7-4-3-6-14(15)20-19(21)24-17/h2-4,6-11,22H,1,5H2/b17-11-. The number of allylic oxidation sites excluding steroid dienone is 1. The average Bonchev–Trinajstić information content (AvgIpc) is 3.08. The summed E-state index contributed by atoms with van der Waals surface area (Å²) in [6.07, 6.45) is 4.15. The SMILES string of the molecule is C=CCc1cc(/C=c2\sc3nc4ccccc4n3c2=O)ccc1O. The molecule has 0 fully saturated rings. The summed E-state index contributed by atoms with van der Waals surface area (Å²) in [7, 11) is 0. The number of aromatic nitrogens is 2. The van der Waals surface area contributed by atoms with Gasteiger partial charge in [-0.1, -0.05) is 35.6 Å². The van der Waals surface area contributed by atoms with Gasteiger partial charge in [-0.25, -0.2) is 9.38 Å². The Bertz CT molecular complexity index is 1190. The summed E-state index contributed by atoms with van der Waals surface area (Å²) < 4.78 is 2.27. The number of phenolic OH excluding ortho intramolecular Hbond substituents is 1. The monoisotopic (exact) mass is 334 g/mol. The molecule has 0 aliphatic rings. The van der Waals surface area contributed by atoms with Crippen LogP contribution < -0.4 is 10.1 Å². The minimum absolute atomic E-state index is 0.0676. The zero-order valence-corrected chi connectivity index (χ0v) is 13.6. The molecule has 2 aromatic heterocycles. The zero-order chi connectivity index (χ0) is 16.7. The van der Waals surface area contributed by atoms with Crippen LogP contribution in [-0.4, -0.2) is 14.5 Å². The van der Waals surface area contributed by atoms with Crippen molar-refractivity contribution in [2.75, 3.05) is 0 Å². The highest BCUT2D eigenvalue weighted by Crippen LogP contribution is 2.20. The van der Waals surface area contributed by atoms with E-state index in [1.165, 1.54) is 11.3 Å². The van der Waals surface area contributed by atoms with E-state index in [1.807, 2.05) is 36.4 Å². The maximum Gasteiger partial charge on any atom is 0.274 e. The second-order valence-corrected chi connectivity index (χ2v) is 6.52. The predicted molar refractivity (Wildman–Crippen MR) is 97.6 cm³/mol. The second kappa shape index (κ2) is 5.62. The topological polar surface area (TPSA) is 54.6 Å². The first-order valence-corrected chi connectivity index (χ1v) is 8.33. The zero-order valence-electron chi connectivity index (χ0n) is 12.8. The van der Waals surface area contributed by atoms with Gasteiger partial charge in [0.2, 0.25) is 0 Å². The Balaban J connectivity index is 1.92. The number of para-hydroxylation sites is 2. The van der Waals surface area contributed by atoms with E-state index in [0.717, 1.165) is 22.2 Å². The largest absolute Gasteiger partial charge is 0.508 e. The van der Waals surface area contributed by atoms with E-state index >= 15 is 0 Å². The normalized spacial score (nSPS) is 12.2. The fraction of sp³-hybridized carbons (Fsp3) is 0.0526. The molecule has 0 spiro atoms. The molecule has 0 radical (unpaired) electrons. The minimum atomic E-state index is -0.0676. The summed E-state index contributed by atoms with van der Waals surface area (Å²) in [6, 6.07) is 12.9. The summed E-state index contributed by atoms with van der Waals surface area (Å²) in [6.45, 7) is 3.69. The Morgan fingerprint density at radius 1 is 1.25 bits per heavy atom. The first-order valence-electron chi connectivity index (χ1n) is 7.52. The van der Waals surface area contributed by atoms with Gasteiger partial charge in [-0.05, 0) is 47.9 Å². The Labute approximate surface area is 141 Å². The van der Waals surface area contributed by atoms with Gasteiger partial charge in [-0.2, -0.15) is 0 Å². The van der Waals surface area contributed by atoms with Crippen molar-refractivity contribution < 1.29 is 5.11 Å². The number of rotatable bonds is 3. The summed E-state index contributed by atoms with van der Waals surface area (Å²) in [5.74, 6) is 0.237. The van der Waals surface area contributed by atoms with E-state index in [2.05, 4.69) is 11.6 Å². The number of hydrogen-bond donors (Lipinski definition) is 1. The Kier molecular flexibility index (Phi) is 3.43. The van der Waals surface area contributed by atoms with Gasteiger partial charge in [0, 0.05) is 0 Å².